The van der Waals surface area contributed by atoms with Crippen molar-refractivity contribution in [3.05, 3.63) is 23.8 Å². The molecule has 0 heterocycles. The molecule has 1 N–H and O–H groups in total. The second-order valence-electron chi connectivity index (χ2n) is 6.69. The van der Waals surface area contributed by atoms with Crippen LogP contribution >= 0.6 is 0 Å². The van der Waals surface area contributed by atoms with Gasteiger partial charge in [0.15, 0.2) is 11.5 Å². The van der Waals surface area contributed by atoms with Crippen molar-refractivity contribution in [2.75, 3.05) is 34.4 Å². The SMILES string of the molecule is COc1ccc(CCN(C)CC(=O)N[C@](C)(C#N)C(C)C)cc1OC. The highest BCUT2D eigenvalue weighted by Crippen LogP contribution is 2.27. The van der Waals surface area contributed by atoms with Gasteiger partial charge in [-0.2, -0.15) is 5.26 Å². The van der Waals surface area contributed by atoms with Crippen LogP contribution in [0.2, 0.25) is 0 Å². The molecular formula is C19H29N3O3. The number of amides is 1. The fourth-order valence-corrected chi connectivity index (χ4v) is 2.31. The Bertz CT molecular complexity index is 625. The molecule has 0 aromatic heterocycles. The predicted octanol–water partition coefficient (Wildman–Crippen LogP) is 2.23. The molecule has 0 saturated heterocycles. The maximum absolute atomic E-state index is 12.2. The molecule has 0 bridgehead atoms. The standard InChI is InChI=1S/C19H29N3O3/c1-14(2)19(3,13-20)21-18(23)12-22(4)10-9-15-7-8-16(24-5)17(11-15)25-6/h7-8,11,14H,9-10,12H2,1-6H3,(H,21,23)/t19-/m1/s1. The molecule has 6 nitrogen and oxygen atoms in total. The average Bonchev–Trinajstić information content (AvgIpc) is 2.59. The van der Waals surface area contributed by atoms with Crippen molar-refractivity contribution in [2.24, 2.45) is 5.92 Å². The molecule has 1 aromatic rings. The van der Waals surface area contributed by atoms with Crippen LogP contribution in [0.1, 0.15) is 26.3 Å². The van der Waals surface area contributed by atoms with Gasteiger partial charge in [-0.25, -0.2) is 0 Å². The van der Waals surface area contributed by atoms with E-state index in [9.17, 15) is 10.1 Å². The summed E-state index contributed by atoms with van der Waals surface area (Å²) >= 11 is 0. The fraction of sp³-hybridized carbons (Fsp3) is 0.579. The summed E-state index contributed by atoms with van der Waals surface area (Å²) < 4.78 is 10.5. The molecule has 0 aliphatic rings. The number of rotatable bonds is 9. The van der Waals surface area contributed by atoms with Gasteiger partial charge in [-0.3, -0.25) is 9.69 Å². The van der Waals surface area contributed by atoms with Crippen LogP contribution in [0.3, 0.4) is 0 Å². The zero-order valence-electron chi connectivity index (χ0n) is 16.0. The summed E-state index contributed by atoms with van der Waals surface area (Å²) in [4.78, 5) is 14.1. The first-order valence-electron chi connectivity index (χ1n) is 8.37. The lowest BCUT2D eigenvalue weighted by Gasteiger charge is -2.28. The second-order valence-corrected chi connectivity index (χ2v) is 6.69. The maximum Gasteiger partial charge on any atom is 0.235 e. The summed E-state index contributed by atoms with van der Waals surface area (Å²) in [6, 6.07) is 7.99. The van der Waals surface area contributed by atoms with E-state index in [1.165, 1.54) is 0 Å². The minimum atomic E-state index is -0.846. The molecule has 25 heavy (non-hydrogen) atoms. The van der Waals surface area contributed by atoms with Gasteiger partial charge in [0.05, 0.1) is 26.8 Å². The van der Waals surface area contributed by atoms with E-state index < -0.39 is 5.54 Å². The number of hydrogen-bond acceptors (Lipinski definition) is 5. The normalized spacial score (nSPS) is 13.2. The van der Waals surface area contributed by atoms with Crippen LogP contribution in [-0.4, -0.2) is 50.7 Å². The molecule has 0 fully saturated rings. The highest BCUT2D eigenvalue weighted by atomic mass is 16.5. The highest BCUT2D eigenvalue weighted by Gasteiger charge is 2.30. The van der Waals surface area contributed by atoms with Crippen LogP contribution < -0.4 is 14.8 Å². The smallest absolute Gasteiger partial charge is 0.235 e. The number of ether oxygens (including phenoxy) is 2. The minimum Gasteiger partial charge on any atom is -0.493 e. The third kappa shape index (κ3) is 5.95. The summed E-state index contributed by atoms with van der Waals surface area (Å²) in [5.74, 6) is 1.29. The quantitative estimate of drug-likeness (QED) is 0.741. The molecule has 0 radical (unpaired) electrons. The van der Waals surface area contributed by atoms with E-state index in [-0.39, 0.29) is 18.4 Å². The molecule has 0 saturated carbocycles. The van der Waals surface area contributed by atoms with Crippen LogP contribution in [0, 0.1) is 17.2 Å². The Kier molecular flexibility index (Phi) is 7.72. The highest BCUT2D eigenvalue weighted by molar-refractivity contribution is 5.79. The lowest BCUT2D eigenvalue weighted by atomic mass is 9.90. The Morgan fingerprint density at radius 1 is 1.32 bits per heavy atom. The summed E-state index contributed by atoms with van der Waals surface area (Å²) in [5, 5.41) is 12.1. The Labute approximate surface area is 150 Å². The molecule has 138 valence electrons. The summed E-state index contributed by atoms with van der Waals surface area (Å²) in [5.41, 5.74) is 0.260. The predicted molar refractivity (Wildman–Crippen MR) is 97.7 cm³/mol. The van der Waals surface area contributed by atoms with Crippen LogP contribution in [0.5, 0.6) is 11.5 Å². The van der Waals surface area contributed by atoms with Crippen molar-refractivity contribution in [1.29, 1.82) is 5.26 Å². The lowest BCUT2D eigenvalue weighted by molar-refractivity contribution is -0.123. The number of likely N-dealkylation sites (N-methyl/N-ethyl adjacent to an activating group) is 1. The first-order valence-corrected chi connectivity index (χ1v) is 8.37. The summed E-state index contributed by atoms with van der Waals surface area (Å²) in [6.45, 7) is 6.55. The Morgan fingerprint density at radius 3 is 2.48 bits per heavy atom. The van der Waals surface area contributed by atoms with Crippen LogP contribution in [0.25, 0.3) is 0 Å². The number of methoxy groups -OCH3 is 2. The minimum absolute atomic E-state index is 0.0403. The number of nitrogens with one attached hydrogen (secondary N) is 1. The van der Waals surface area contributed by atoms with E-state index in [0.29, 0.717) is 18.0 Å². The second kappa shape index (κ2) is 9.28. The van der Waals surface area contributed by atoms with Crippen molar-refractivity contribution >= 4 is 5.91 Å². The molecule has 1 amide bonds. The molecule has 0 aliphatic heterocycles. The van der Waals surface area contributed by atoms with Gasteiger partial charge >= 0.3 is 0 Å². The van der Waals surface area contributed by atoms with E-state index in [0.717, 1.165) is 12.0 Å². The first-order chi connectivity index (χ1) is 11.8. The van der Waals surface area contributed by atoms with E-state index in [1.807, 2.05) is 44.0 Å². The van der Waals surface area contributed by atoms with Gasteiger partial charge in [0.2, 0.25) is 5.91 Å². The van der Waals surface area contributed by atoms with Crippen LogP contribution in [0.4, 0.5) is 0 Å². The van der Waals surface area contributed by atoms with Gasteiger partial charge in [0.25, 0.3) is 0 Å². The zero-order valence-corrected chi connectivity index (χ0v) is 16.0. The number of nitriles is 1. The third-order valence-corrected chi connectivity index (χ3v) is 4.43. The number of carbonyl (C=O) groups excluding carboxylic acids is 1. The summed E-state index contributed by atoms with van der Waals surface area (Å²) in [6.07, 6.45) is 0.782. The van der Waals surface area contributed by atoms with Crippen LogP contribution in [-0.2, 0) is 11.2 Å². The van der Waals surface area contributed by atoms with Gasteiger partial charge in [0.1, 0.15) is 5.54 Å². The molecule has 0 aliphatic carbocycles. The molecule has 0 spiro atoms. The number of nitrogens with zero attached hydrogens (tertiary/aromatic N) is 2. The maximum atomic E-state index is 12.2. The molecule has 1 rings (SSSR count). The molecule has 1 aromatic carbocycles. The van der Waals surface area contributed by atoms with Crippen molar-refractivity contribution in [3.8, 4) is 17.6 Å². The summed E-state index contributed by atoms with van der Waals surface area (Å²) in [7, 11) is 5.11. The van der Waals surface area contributed by atoms with Gasteiger partial charge in [0, 0.05) is 6.54 Å². The molecular weight excluding hydrogens is 318 g/mol. The monoisotopic (exact) mass is 347 g/mol. The molecule has 1 atom stereocenters. The van der Waals surface area contributed by atoms with Gasteiger partial charge in [-0.15, -0.1) is 0 Å². The van der Waals surface area contributed by atoms with Gasteiger partial charge in [-0.05, 0) is 44.0 Å². The largest absolute Gasteiger partial charge is 0.493 e. The first kappa shape index (κ1) is 20.8. The van der Waals surface area contributed by atoms with Gasteiger partial charge < -0.3 is 14.8 Å². The van der Waals surface area contributed by atoms with E-state index >= 15 is 0 Å². The van der Waals surface area contributed by atoms with Crippen molar-refractivity contribution in [2.45, 2.75) is 32.7 Å². The number of benzene rings is 1. The number of carbonyl (C=O) groups is 1. The molecule has 0 unspecified atom stereocenters. The Balaban J connectivity index is 2.56. The number of hydrogen-bond donors (Lipinski definition) is 1. The molecule has 6 heteroatoms. The average molecular weight is 347 g/mol. The van der Waals surface area contributed by atoms with Crippen molar-refractivity contribution < 1.29 is 14.3 Å². The Morgan fingerprint density at radius 2 is 1.96 bits per heavy atom. The van der Waals surface area contributed by atoms with Crippen molar-refractivity contribution in [3.63, 3.8) is 0 Å². The van der Waals surface area contributed by atoms with E-state index in [1.54, 1.807) is 21.1 Å². The zero-order chi connectivity index (χ0) is 19.0. The fourth-order valence-electron chi connectivity index (χ4n) is 2.31. The topological polar surface area (TPSA) is 74.6 Å². The van der Waals surface area contributed by atoms with Gasteiger partial charge in [-0.1, -0.05) is 19.9 Å². The van der Waals surface area contributed by atoms with Crippen molar-refractivity contribution in [1.82, 2.24) is 10.2 Å². The van der Waals surface area contributed by atoms with E-state index in [2.05, 4.69) is 11.4 Å². The van der Waals surface area contributed by atoms with Crippen LogP contribution in [0.15, 0.2) is 18.2 Å². The third-order valence-electron chi connectivity index (χ3n) is 4.43. The Hall–Kier alpha value is -2.26. The lowest BCUT2D eigenvalue weighted by Crippen LogP contribution is -2.51. The van der Waals surface area contributed by atoms with E-state index in [4.69, 9.17) is 9.47 Å².